The Kier molecular flexibility index (Phi) is 5.45. The molecule has 24 heavy (non-hydrogen) atoms. The largest absolute Gasteiger partial charge is 0.480 e. The highest BCUT2D eigenvalue weighted by molar-refractivity contribution is 14.1. The van der Waals surface area contributed by atoms with Gasteiger partial charge in [-0.3, -0.25) is 0 Å². The summed E-state index contributed by atoms with van der Waals surface area (Å²) in [5.74, 6) is 0.692. The molecule has 1 aromatic heterocycles. The fourth-order valence-electron chi connectivity index (χ4n) is 3.31. The zero-order chi connectivity index (χ0) is 17.5. The summed E-state index contributed by atoms with van der Waals surface area (Å²) in [6.07, 6.45) is 2.46. The van der Waals surface area contributed by atoms with Crippen LogP contribution < -0.4 is 10.1 Å². The number of rotatable bonds is 5. The number of nitrogens with zero attached hydrogens (tertiary/aromatic N) is 2. The summed E-state index contributed by atoms with van der Waals surface area (Å²) in [7, 11) is 1.60. The van der Waals surface area contributed by atoms with E-state index in [2.05, 4.69) is 37.9 Å². The second kappa shape index (κ2) is 7.10. The van der Waals surface area contributed by atoms with Crippen LogP contribution in [-0.2, 0) is 9.47 Å². The summed E-state index contributed by atoms with van der Waals surface area (Å²) >= 11 is 3.64. The topological polar surface area (TPSA) is 85.7 Å². The van der Waals surface area contributed by atoms with Crippen molar-refractivity contribution in [3.8, 4) is 5.88 Å². The summed E-state index contributed by atoms with van der Waals surface area (Å²) < 4.78 is 18.2. The third-order valence-corrected chi connectivity index (χ3v) is 5.83. The third-order valence-electron chi connectivity index (χ3n) is 4.31. The van der Waals surface area contributed by atoms with Crippen molar-refractivity contribution >= 4 is 40.2 Å². The summed E-state index contributed by atoms with van der Waals surface area (Å²) in [5.41, 5.74) is 0. The Hall–Kier alpha value is -0.360. The molecular weight excluding hydrogens is 445 g/mol. The zero-order valence-electron chi connectivity index (χ0n) is 14.1. The van der Waals surface area contributed by atoms with Gasteiger partial charge in [0.1, 0.15) is 15.5 Å². The summed E-state index contributed by atoms with van der Waals surface area (Å²) in [6.45, 7) is 3.89. The average Bonchev–Trinajstić information content (AvgIpc) is 3.03. The monoisotopic (exact) mass is 467 g/mol. The fourth-order valence-corrected chi connectivity index (χ4v) is 4.29. The maximum absolute atomic E-state index is 9.67. The molecule has 0 amide bonds. The lowest BCUT2D eigenvalue weighted by Gasteiger charge is -2.24. The molecule has 2 N–H and O–H groups in total. The van der Waals surface area contributed by atoms with Gasteiger partial charge in [-0.1, -0.05) is 11.8 Å². The van der Waals surface area contributed by atoms with Crippen LogP contribution >= 0.6 is 34.4 Å². The first kappa shape index (κ1) is 18.4. The Morgan fingerprint density at radius 2 is 2.08 bits per heavy atom. The molecule has 1 aromatic rings. The van der Waals surface area contributed by atoms with Gasteiger partial charge in [-0.2, -0.15) is 4.98 Å². The van der Waals surface area contributed by atoms with Crippen LogP contribution in [0.1, 0.15) is 20.3 Å². The number of anilines is 1. The molecule has 2 fully saturated rings. The van der Waals surface area contributed by atoms with E-state index in [1.54, 1.807) is 7.11 Å². The Balaban J connectivity index is 1.86. The van der Waals surface area contributed by atoms with Gasteiger partial charge in [-0.05, 0) is 49.1 Å². The van der Waals surface area contributed by atoms with Gasteiger partial charge >= 0.3 is 0 Å². The molecular formula is C15H22IN3O4S. The van der Waals surface area contributed by atoms with Gasteiger partial charge in [0.05, 0.1) is 19.3 Å². The summed E-state index contributed by atoms with van der Waals surface area (Å²) in [4.78, 5) is 8.91. The molecule has 0 spiro atoms. The number of thioether (sulfide) groups is 1. The van der Waals surface area contributed by atoms with Crippen molar-refractivity contribution in [3.63, 3.8) is 0 Å². The second-order valence-corrected chi connectivity index (χ2v) is 8.23. The Morgan fingerprint density at radius 3 is 2.71 bits per heavy atom. The molecule has 0 aromatic carbocycles. The van der Waals surface area contributed by atoms with Crippen LogP contribution in [-0.4, -0.2) is 59.1 Å². The number of hydrogen-bond donors (Lipinski definition) is 2. The number of fused-ring (bicyclic) bond motifs is 1. The summed E-state index contributed by atoms with van der Waals surface area (Å²) in [5, 5.41) is 13.8. The smallest absolute Gasteiger partial charge is 0.233 e. The molecule has 0 bridgehead atoms. The number of aliphatic hydroxyl groups excluding tert-OH is 1. The van der Waals surface area contributed by atoms with Crippen LogP contribution in [0.15, 0.2) is 5.16 Å². The highest BCUT2D eigenvalue weighted by atomic mass is 127. The van der Waals surface area contributed by atoms with Gasteiger partial charge in [0.25, 0.3) is 0 Å². The molecule has 134 valence electrons. The Morgan fingerprint density at radius 1 is 1.38 bits per heavy atom. The second-order valence-electron chi connectivity index (χ2n) is 6.38. The Labute approximate surface area is 159 Å². The van der Waals surface area contributed by atoms with E-state index in [1.807, 2.05) is 20.1 Å². The Bertz CT molecular complexity index is 619. The van der Waals surface area contributed by atoms with E-state index in [4.69, 9.17) is 14.2 Å². The van der Waals surface area contributed by atoms with Gasteiger partial charge in [-0.15, -0.1) is 0 Å². The number of ether oxygens (including phenoxy) is 3. The van der Waals surface area contributed by atoms with Gasteiger partial charge in [0.2, 0.25) is 5.88 Å². The molecule has 1 saturated heterocycles. The molecule has 1 aliphatic carbocycles. The van der Waals surface area contributed by atoms with Gasteiger partial charge in [-0.25, -0.2) is 4.98 Å². The van der Waals surface area contributed by atoms with Crippen LogP contribution in [0.3, 0.4) is 0 Å². The van der Waals surface area contributed by atoms with E-state index in [-0.39, 0.29) is 30.8 Å². The van der Waals surface area contributed by atoms with E-state index < -0.39 is 5.79 Å². The maximum atomic E-state index is 9.67. The predicted molar refractivity (Wildman–Crippen MR) is 99.5 cm³/mol. The highest BCUT2D eigenvalue weighted by Crippen LogP contribution is 2.43. The molecule has 1 saturated carbocycles. The molecule has 3 rings (SSSR count). The lowest BCUT2D eigenvalue weighted by atomic mass is 10.1. The van der Waals surface area contributed by atoms with Crippen LogP contribution in [0, 0.1) is 9.49 Å². The van der Waals surface area contributed by atoms with E-state index in [9.17, 15) is 5.11 Å². The van der Waals surface area contributed by atoms with Gasteiger partial charge in [0, 0.05) is 12.5 Å². The fraction of sp³-hybridized carbons (Fsp3) is 0.733. The van der Waals surface area contributed by atoms with Crippen LogP contribution in [0.2, 0.25) is 0 Å². The molecule has 0 radical (unpaired) electrons. The molecule has 2 heterocycles. The summed E-state index contributed by atoms with van der Waals surface area (Å²) in [6, 6.07) is 0.0109. The van der Waals surface area contributed by atoms with Crippen molar-refractivity contribution < 1.29 is 19.3 Å². The molecule has 1 aliphatic heterocycles. The maximum Gasteiger partial charge on any atom is 0.233 e. The minimum absolute atomic E-state index is 0.0109. The first-order valence-corrected chi connectivity index (χ1v) is 10.1. The van der Waals surface area contributed by atoms with E-state index in [1.165, 1.54) is 11.8 Å². The quantitative estimate of drug-likeness (QED) is 0.387. The van der Waals surface area contributed by atoms with Gasteiger partial charge < -0.3 is 24.6 Å². The first-order chi connectivity index (χ1) is 11.4. The van der Waals surface area contributed by atoms with Crippen molar-refractivity contribution in [2.75, 3.05) is 25.3 Å². The van der Waals surface area contributed by atoms with Crippen molar-refractivity contribution in [2.45, 2.75) is 49.5 Å². The molecule has 2 aliphatic rings. The number of hydrogen-bond acceptors (Lipinski definition) is 8. The third kappa shape index (κ3) is 3.46. The standard InChI is InChI=1S/C15H22IN3O4S/c1-15(2)22-10-7(6-20)5-8(11(10)23-15)17-12-9(16)13(21-3)19-14(18-12)24-4/h7-8,10-11,20H,5-6H2,1-4H3,(H,17,18,19)/t7-,8-,10-,11+/m1/s1. The minimum Gasteiger partial charge on any atom is -0.480 e. The number of methoxy groups -OCH3 is 1. The minimum atomic E-state index is -0.635. The van der Waals surface area contributed by atoms with E-state index >= 15 is 0 Å². The number of aliphatic hydroxyl groups is 1. The average molecular weight is 467 g/mol. The molecule has 7 nitrogen and oxygen atoms in total. The molecule has 0 unspecified atom stereocenters. The first-order valence-electron chi connectivity index (χ1n) is 7.77. The lowest BCUT2D eigenvalue weighted by molar-refractivity contribution is -0.158. The number of nitrogens with one attached hydrogen (secondary N) is 1. The van der Waals surface area contributed by atoms with Crippen molar-refractivity contribution in [1.82, 2.24) is 9.97 Å². The van der Waals surface area contributed by atoms with E-state index in [0.29, 0.717) is 11.0 Å². The van der Waals surface area contributed by atoms with Crippen LogP contribution in [0.5, 0.6) is 5.88 Å². The number of halogens is 1. The number of aromatic nitrogens is 2. The molecule has 9 heteroatoms. The van der Waals surface area contributed by atoms with Crippen molar-refractivity contribution in [3.05, 3.63) is 3.57 Å². The van der Waals surface area contributed by atoms with Crippen LogP contribution in [0.4, 0.5) is 5.82 Å². The predicted octanol–water partition coefficient (Wildman–Crippen LogP) is 2.12. The van der Waals surface area contributed by atoms with Crippen LogP contribution in [0.25, 0.3) is 0 Å². The van der Waals surface area contributed by atoms with E-state index in [0.717, 1.165) is 15.8 Å². The highest BCUT2D eigenvalue weighted by Gasteiger charge is 2.53. The van der Waals surface area contributed by atoms with Crippen molar-refractivity contribution in [2.24, 2.45) is 5.92 Å². The SMILES string of the molecule is COc1nc(SC)nc(N[C@@H]2C[C@H](CO)[C@H]3OC(C)(C)O[C@H]32)c1I. The lowest BCUT2D eigenvalue weighted by Crippen LogP contribution is -2.35. The normalized spacial score (nSPS) is 31.1. The van der Waals surface area contributed by atoms with Crippen molar-refractivity contribution in [1.29, 1.82) is 0 Å². The molecule has 4 atom stereocenters. The van der Waals surface area contributed by atoms with Gasteiger partial charge in [0.15, 0.2) is 10.9 Å². The zero-order valence-corrected chi connectivity index (χ0v) is 17.1.